The molecule has 0 radical (unpaired) electrons. The Kier molecular flexibility index (Phi) is 7.00. The summed E-state index contributed by atoms with van der Waals surface area (Å²) in [5.74, 6) is -0.0818. The molecule has 0 saturated heterocycles. The van der Waals surface area contributed by atoms with E-state index in [-0.39, 0.29) is 34.9 Å². The summed E-state index contributed by atoms with van der Waals surface area (Å²) in [5, 5.41) is 2.85. The van der Waals surface area contributed by atoms with Crippen molar-refractivity contribution in [2.75, 3.05) is 18.5 Å². The first-order valence-corrected chi connectivity index (χ1v) is 13.9. The second kappa shape index (κ2) is 10.1. The first kappa shape index (κ1) is 26.9. The van der Waals surface area contributed by atoms with Gasteiger partial charge in [-0.1, -0.05) is 64.1 Å². The third kappa shape index (κ3) is 5.29. The summed E-state index contributed by atoms with van der Waals surface area (Å²) >= 11 is 0. The summed E-state index contributed by atoms with van der Waals surface area (Å²) in [6.45, 7) is 11.2. The summed E-state index contributed by atoms with van der Waals surface area (Å²) in [6.07, 6.45) is 2.41. The van der Waals surface area contributed by atoms with Gasteiger partial charge in [0.2, 0.25) is 0 Å². The van der Waals surface area contributed by atoms with Crippen molar-refractivity contribution in [1.82, 2.24) is 4.90 Å². The zero-order valence-corrected chi connectivity index (χ0v) is 23.6. The van der Waals surface area contributed by atoms with Crippen LogP contribution in [0, 0.1) is 10.8 Å². The van der Waals surface area contributed by atoms with Crippen molar-refractivity contribution in [3.63, 3.8) is 0 Å². The number of benzene rings is 2. The van der Waals surface area contributed by atoms with E-state index in [1.54, 1.807) is 0 Å². The topological polar surface area (TPSA) is 75.7 Å². The standard InChI is InChI=1S/C33H38N2O4/c1-6-35-23-16-32(2,3)18-25(36)30(23)29(31-24(35)17-33(4,5)19-26(31)37)22-14-10-11-15-27(22)39-20-28(38)34-21-12-8-7-9-13-21/h7-15,29H,6,16-20H2,1-5H3,(H,34,38). The summed E-state index contributed by atoms with van der Waals surface area (Å²) < 4.78 is 6.10. The fraction of sp³-hybridized carbons (Fsp3) is 0.424. The maximum atomic E-state index is 13.9. The zero-order valence-electron chi connectivity index (χ0n) is 23.6. The number of para-hydroxylation sites is 2. The molecule has 2 aromatic rings. The lowest BCUT2D eigenvalue weighted by molar-refractivity contribution is -0.120. The van der Waals surface area contributed by atoms with Crippen LogP contribution in [0.3, 0.4) is 0 Å². The third-order valence-corrected chi connectivity index (χ3v) is 7.98. The number of allylic oxidation sites excluding steroid dienone is 4. The number of amides is 1. The number of hydrogen-bond acceptors (Lipinski definition) is 5. The Morgan fingerprint density at radius 1 is 0.846 bits per heavy atom. The van der Waals surface area contributed by atoms with Crippen LogP contribution in [-0.2, 0) is 14.4 Å². The molecule has 1 aliphatic heterocycles. The molecule has 0 saturated carbocycles. The molecule has 0 aromatic heterocycles. The Labute approximate surface area is 231 Å². The van der Waals surface area contributed by atoms with Crippen molar-refractivity contribution in [3.8, 4) is 5.75 Å². The molecular formula is C33H38N2O4. The first-order valence-electron chi connectivity index (χ1n) is 13.9. The van der Waals surface area contributed by atoms with E-state index in [0.29, 0.717) is 42.0 Å². The van der Waals surface area contributed by atoms with E-state index in [1.807, 2.05) is 54.6 Å². The average Bonchev–Trinajstić information content (AvgIpc) is 2.86. The minimum atomic E-state index is -0.501. The van der Waals surface area contributed by atoms with Gasteiger partial charge in [0, 0.05) is 59.1 Å². The van der Waals surface area contributed by atoms with E-state index in [0.717, 1.165) is 29.8 Å². The van der Waals surface area contributed by atoms with Gasteiger partial charge in [-0.05, 0) is 48.8 Å². The highest BCUT2D eigenvalue weighted by atomic mass is 16.5. The van der Waals surface area contributed by atoms with Crippen molar-refractivity contribution in [2.45, 2.75) is 66.2 Å². The lowest BCUT2D eigenvalue weighted by atomic mass is 9.63. The number of ether oxygens (including phenoxy) is 1. The van der Waals surface area contributed by atoms with E-state index < -0.39 is 5.92 Å². The predicted molar refractivity (Wildman–Crippen MR) is 152 cm³/mol. The van der Waals surface area contributed by atoms with Crippen LogP contribution in [0.1, 0.15) is 71.8 Å². The Balaban J connectivity index is 1.58. The number of nitrogens with one attached hydrogen (secondary N) is 1. The molecule has 2 aliphatic carbocycles. The van der Waals surface area contributed by atoms with Gasteiger partial charge in [-0.25, -0.2) is 0 Å². The monoisotopic (exact) mass is 526 g/mol. The number of nitrogens with zero attached hydrogens (tertiary/aromatic N) is 1. The molecule has 0 atom stereocenters. The van der Waals surface area contributed by atoms with Crippen LogP contribution in [0.2, 0.25) is 0 Å². The van der Waals surface area contributed by atoms with E-state index in [9.17, 15) is 14.4 Å². The van der Waals surface area contributed by atoms with Crippen LogP contribution in [0.15, 0.2) is 77.1 Å². The Bertz CT molecular complexity index is 1330. The van der Waals surface area contributed by atoms with Gasteiger partial charge in [-0.3, -0.25) is 14.4 Å². The number of carbonyl (C=O) groups excluding carboxylic acids is 3. The maximum absolute atomic E-state index is 13.9. The molecule has 39 heavy (non-hydrogen) atoms. The van der Waals surface area contributed by atoms with Crippen LogP contribution in [-0.4, -0.2) is 35.5 Å². The second-order valence-corrected chi connectivity index (χ2v) is 12.5. The molecule has 204 valence electrons. The SMILES string of the molecule is CCN1C2=C(C(=O)CC(C)(C)C2)C(c2ccccc2OCC(=O)Nc2ccccc2)C2=C1CC(C)(C)CC2=O. The normalized spacial score (nSPS) is 20.5. The zero-order chi connectivity index (χ0) is 27.9. The second-order valence-electron chi connectivity index (χ2n) is 12.5. The summed E-state index contributed by atoms with van der Waals surface area (Å²) in [5.41, 5.74) is 4.63. The van der Waals surface area contributed by atoms with E-state index in [1.165, 1.54) is 0 Å². The summed E-state index contributed by atoms with van der Waals surface area (Å²) in [4.78, 5) is 42.6. The minimum absolute atomic E-state index is 0.0884. The van der Waals surface area contributed by atoms with Crippen molar-refractivity contribution in [1.29, 1.82) is 0 Å². The summed E-state index contributed by atoms with van der Waals surface area (Å²) in [7, 11) is 0. The molecule has 6 heteroatoms. The Morgan fingerprint density at radius 2 is 1.38 bits per heavy atom. The molecule has 1 heterocycles. The fourth-order valence-electron chi connectivity index (χ4n) is 6.45. The molecule has 3 aliphatic rings. The quantitative estimate of drug-likeness (QED) is 0.471. The smallest absolute Gasteiger partial charge is 0.262 e. The average molecular weight is 527 g/mol. The fourth-order valence-corrected chi connectivity index (χ4v) is 6.45. The van der Waals surface area contributed by atoms with Gasteiger partial charge >= 0.3 is 0 Å². The predicted octanol–water partition coefficient (Wildman–Crippen LogP) is 6.41. The Morgan fingerprint density at radius 3 is 1.95 bits per heavy atom. The van der Waals surface area contributed by atoms with Crippen LogP contribution in [0.5, 0.6) is 5.75 Å². The largest absolute Gasteiger partial charge is 0.483 e. The van der Waals surface area contributed by atoms with Crippen LogP contribution in [0.25, 0.3) is 0 Å². The highest BCUT2D eigenvalue weighted by Gasteiger charge is 2.49. The third-order valence-electron chi connectivity index (χ3n) is 7.98. The first-order chi connectivity index (χ1) is 18.5. The highest BCUT2D eigenvalue weighted by molar-refractivity contribution is 6.07. The van der Waals surface area contributed by atoms with Gasteiger partial charge in [0.25, 0.3) is 5.91 Å². The van der Waals surface area contributed by atoms with Crippen LogP contribution >= 0.6 is 0 Å². The number of rotatable bonds is 6. The number of Topliss-reactive ketones (excluding diaryl/α,β-unsaturated/α-hetero) is 2. The molecule has 0 unspecified atom stereocenters. The molecular weight excluding hydrogens is 488 g/mol. The van der Waals surface area contributed by atoms with Crippen molar-refractivity contribution in [3.05, 3.63) is 82.7 Å². The van der Waals surface area contributed by atoms with Gasteiger partial charge in [-0.15, -0.1) is 0 Å². The molecule has 0 spiro atoms. The van der Waals surface area contributed by atoms with Crippen molar-refractivity contribution < 1.29 is 19.1 Å². The Hall–Kier alpha value is -3.67. The van der Waals surface area contributed by atoms with Gasteiger partial charge in [0.1, 0.15) is 5.75 Å². The number of carbonyl (C=O) groups is 3. The highest BCUT2D eigenvalue weighted by Crippen LogP contribution is 2.55. The summed E-state index contributed by atoms with van der Waals surface area (Å²) in [6, 6.07) is 16.8. The number of anilines is 1. The minimum Gasteiger partial charge on any atom is -0.483 e. The molecule has 0 bridgehead atoms. The van der Waals surface area contributed by atoms with E-state index >= 15 is 0 Å². The van der Waals surface area contributed by atoms with Crippen molar-refractivity contribution >= 4 is 23.2 Å². The van der Waals surface area contributed by atoms with Gasteiger partial charge in [0.15, 0.2) is 18.2 Å². The lowest BCUT2D eigenvalue weighted by Gasteiger charge is -2.49. The van der Waals surface area contributed by atoms with Crippen LogP contribution in [0.4, 0.5) is 5.69 Å². The number of hydrogen-bond donors (Lipinski definition) is 1. The van der Waals surface area contributed by atoms with Gasteiger partial charge < -0.3 is 15.0 Å². The lowest BCUT2D eigenvalue weighted by Crippen LogP contribution is -2.44. The molecule has 6 nitrogen and oxygen atoms in total. The van der Waals surface area contributed by atoms with Crippen molar-refractivity contribution in [2.24, 2.45) is 10.8 Å². The molecule has 1 N–H and O–H groups in total. The van der Waals surface area contributed by atoms with Gasteiger partial charge in [-0.2, -0.15) is 0 Å². The maximum Gasteiger partial charge on any atom is 0.262 e. The van der Waals surface area contributed by atoms with E-state index in [4.69, 9.17) is 4.74 Å². The molecule has 5 rings (SSSR count). The molecule has 2 aromatic carbocycles. The number of ketones is 2. The van der Waals surface area contributed by atoms with Gasteiger partial charge in [0.05, 0.1) is 0 Å². The van der Waals surface area contributed by atoms with Crippen LogP contribution < -0.4 is 10.1 Å². The molecule has 1 amide bonds. The van der Waals surface area contributed by atoms with E-state index in [2.05, 4.69) is 44.8 Å². The molecule has 0 fully saturated rings.